The van der Waals surface area contributed by atoms with Gasteiger partial charge in [-0.1, -0.05) is 39.9 Å². The van der Waals surface area contributed by atoms with E-state index in [1.807, 2.05) is 0 Å². The fourth-order valence-electron chi connectivity index (χ4n) is 0.994. The molecule has 0 atom stereocenters. The minimum Gasteiger partial charge on any atom is -0.0897 e. The van der Waals surface area contributed by atoms with Gasteiger partial charge < -0.3 is 0 Å². The highest BCUT2D eigenvalue weighted by atomic mass is 32.1. The van der Waals surface area contributed by atoms with Gasteiger partial charge in [-0.25, -0.2) is 0 Å². The second kappa shape index (κ2) is 4.84. The third kappa shape index (κ3) is 6.21. The second-order valence-electron chi connectivity index (χ2n) is 3.73. The van der Waals surface area contributed by atoms with Crippen LogP contribution in [0, 0.1) is 11.8 Å². The van der Waals surface area contributed by atoms with Gasteiger partial charge >= 0.3 is 0 Å². The Morgan fingerprint density at radius 2 is 1.30 bits per heavy atom. The third-order valence-electron chi connectivity index (χ3n) is 1.27. The van der Waals surface area contributed by atoms with Crippen molar-refractivity contribution in [3.63, 3.8) is 0 Å². The third-order valence-corrected chi connectivity index (χ3v) is 1.61. The second-order valence-corrected chi connectivity index (χ2v) is 4.31. The Kier molecular flexibility index (Phi) is 4.88. The summed E-state index contributed by atoms with van der Waals surface area (Å²) in [5.41, 5.74) is 0. The Hall–Kier alpha value is 0.0900. The number of thiocarbonyl (C=S) groups is 1. The van der Waals surface area contributed by atoms with Gasteiger partial charge in [0.15, 0.2) is 0 Å². The number of hydrogen-bond donors (Lipinski definition) is 0. The van der Waals surface area contributed by atoms with E-state index in [0.717, 1.165) is 24.7 Å². The normalized spacial score (nSPS) is 11.0. The molecule has 0 aromatic rings. The van der Waals surface area contributed by atoms with E-state index >= 15 is 0 Å². The summed E-state index contributed by atoms with van der Waals surface area (Å²) in [5.74, 6) is 1.46. The molecular formula is C9H18S. The van der Waals surface area contributed by atoms with E-state index < -0.39 is 0 Å². The Morgan fingerprint density at radius 1 is 1.00 bits per heavy atom. The Bertz CT molecular complexity index is 91.3. The van der Waals surface area contributed by atoms with Gasteiger partial charge in [-0.2, -0.15) is 0 Å². The molecule has 0 aliphatic heterocycles. The van der Waals surface area contributed by atoms with E-state index in [0.29, 0.717) is 0 Å². The summed E-state index contributed by atoms with van der Waals surface area (Å²) in [4.78, 5) is 1.24. The molecular weight excluding hydrogens is 140 g/mol. The van der Waals surface area contributed by atoms with Gasteiger partial charge in [0, 0.05) is 0 Å². The first kappa shape index (κ1) is 10.1. The van der Waals surface area contributed by atoms with Gasteiger partial charge in [0.05, 0.1) is 0 Å². The Labute approximate surface area is 70.0 Å². The molecule has 0 amide bonds. The van der Waals surface area contributed by atoms with Crippen LogP contribution in [0.4, 0.5) is 0 Å². The monoisotopic (exact) mass is 158 g/mol. The molecule has 0 unspecified atom stereocenters. The van der Waals surface area contributed by atoms with Crippen molar-refractivity contribution in [3.05, 3.63) is 0 Å². The number of hydrogen-bond acceptors (Lipinski definition) is 1. The van der Waals surface area contributed by atoms with E-state index in [4.69, 9.17) is 12.2 Å². The standard InChI is InChI=1S/C9H18S/c1-7(2)5-9(10)6-8(3)4/h7-8H,5-6H2,1-4H3. The molecule has 0 aliphatic carbocycles. The highest BCUT2D eigenvalue weighted by Crippen LogP contribution is 2.09. The van der Waals surface area contributed by atoms with Crippen molar-refractivity contribution < 1.29 is 0 Å². The van der Waals surface area contributed by atoms with Crippen LogP contribution in [0.3, 0.4) is 0 Å². The first-order valence-corrected chi connectivity index (χ1v) is 4.45. The van der Waals surface area contributed by atoms with Gasteiger partial charge in [0.2, 0.25) is 0 Å². The quantitative estimate of drug-likeness (QED) is 0.565. The Morgan fingerprint density at radius 3 is 1.50 bits per heavy atom. The minimum atomic E-state index is 0.728. The van der Waals surface area contributed by atoms with Crippen molar-refractivity contribution in [2.45, 2.75) is 40.5 Å². The van der Waals surface area contributed by atoms with Crippen LogP contribution in [-0.2, 0) is 0 Å². The number of rotatable bonds is 4. The van der Waals surface area contributed by atoms with Crippen LogP contribution in [-0.4, -0.2) is 4.86 Å². The van der Waals surface area contributed by atoms with Crippen LogP contribution in [0.1, 0.15) is 40.5 Å². The van der Waals surface area contributed by atoms with Gasteiger partial charge in [-0.15, -0.1) is 0 Å². The van der Waals surface area contributed by atoms with Crippen molar-refractivity contribution in [2.75, 3.05) is 0 Å². The maximum absolute atomic E-state index is 5.21. The molecule has 0 fully saturated rings. The fraction of sp³-hybridized carbons (Fsp3) is 0.889. The summed E-state index contributed by atoms with van der Waals surface area (Å²) < 4.78 is 0. The van der Waals surface area contributed by atoms with Crippen molar-refractivity contribution in [3.8, 4) is 0 Å². The Balaban J connectivity index is 3.44. The molecule has 60 valence electrons. The molecule has 0 heterocycles. The lowest BCUT2D eigenvalue weighted by Crippen LogP contribution is -2.03. The zero-order chi connectivity index (χ0) is 8.15. The minimum absolute atomic E-state index is 0.728. The van der Waals surface area contributed by atoms with Crippen LogP contribution >= 0.6 is 12.2 Å². The summed E-state index contributed by atoms with van der Waals surface area (Å²) in [6, 6.07) is 0. The van der Waals surface area contributed by atoms with E-state index in [2.05, 4.69) is 27.7 Å². The van der Waals surface area contributed by atoms with Crippen molar-refractivity contribution in [1.29, 1.82) is 0 Å². The molecule has 1 heteroatoms. The van der Waals surface area contributed by atoms with E-state index in [1.165, 1.54) is 4.86 Å². The highest BCUT2D eigenvalue weighted by molar-refractivity contribution is 7.80. The van der Waals surface area contributed by atoms with Gasteiger partial charge in [-0.3, -0.25) is 0 Å². The van der Waals surface area contributed by atoms with Gasteiger partial charge in [0.25, 0.3) is 0 Å². The molecule has 0 aliphatic rings. The summed E-state index contributed by atoms with van der Waals surface area (Å²) in [6.07, 6.45) is 2.24. The lowest BCUT2D eigenvalue weighted by atomic mass is 10.0. The predicted molar refractivity (Wildman–Crippen MR) is 51.5 cm³/mol. The van der Waals surface area contributed by atoms with Gasteiger partial charge in [0.1, 0.15) is 0 Å². The molecule has 10 heavy (non-hydrogen) atoms. The summed E-state index contributed by atoms with van der Waals surface area (Å²) in [6.45, 7) is 8.86. The average molecular weight is 158 g/mol. The maximum Gasteiger partial charge on any atom is -0.00664 e. The molecule has 0 nitrogen and oxygen atoms in total. The highest BCUT2D eigenvalue weighted by Gasteiger charge is 2.02. The fourth-order valence-corrected chi connectivity index (χ4v) is 1.66. The van der Waals surface area contributed by atoms with Crippen LogP contribution in [0.25, 0.3) is 0 Å². The van der Waals surface area contributed by atoms with E-state index in [-0.39, 0.29) is 0 Å². The zero-order valence-corrected chi connectivity index (χ0v) is 8.29. The smallest absolute Gasteiger partial charge is 0.00664 e. The summed E-state index contributed by atoms with van der Waals surface area (Å²) in [7, 11) is 0. The largest absolute Gasteiger partial charge is 0.0897 e. The lowest BCUT2D eigenvalue weighted by molar-refractivity contribution is 0.643. The zero-order valence-electron chi connectivity index (χ0n) is 7.48. The van der Waals surface area contributed by atoms with E-state index in [9.17, 15) is 0 Å². The predicted octanol–water partition coefficient (Wildman–Crippen LogP) is 3.45. The van der Waals surface area contributed by atoms with Crippen molar-refractivity contribution in [2.24, 2.45) is 11.8 Å². The van der Waals surface area contributed by atoms with E-state index in [1.54, 1.807) is 0 Å². The topological polar surface area (TPSA) is 0 Å². The van der Waals surface area contributed by atoms with Crippen molar-refractivity contribution in [1.82, 2.24) is 0 Å². The van der Waals surface area contributed by atoms with Crippen LogP contribution in [0.2, 0.25) is 0 Å². The molecule has 0 saturated heterocycles. The van der Waals surface area contributed by atoms with Gasteiger partial charge in [-0.05, 0) is 29.5 Å². The molecule has 0 spiro atoms. The first-order valence-electron chi connectivity index (χ1n) is 4.04. The summed E-state index contributed by atoms with van der Waals surface area (Å²) in [5, 5.41) is 0. The molecule has 0 N–H and O–H groups in total. The van der Waals surface area contributed by atoms with Crippen molar-refractivity contribution >= 4 is 17.1 Å². The van der Waals surface area contributed by atoms with Crippen LogP contribution in [0.5, 0.6) is 0 Å². The molecule has 0 rings (SSSR count). The van der Waals surface area contributed by atoms with Crippen LogP contribution < -0.4 is 0 Å². The molecule has 0 radical (unpaired) electrons. The summed E-state index contributed by atoms with van der Waals surface area (Å²) >= 11 is 5.21. The molecule has 0 aromatic carbocycles. The first-order chi connectivity index (χ1) is 4.52. The average Bonchev–Trinajstić information content (AvgIpc) is 1.58. The molecule has 0 bridgehead atoms. The van der Waals surface area contributed by atoms with Crippen LogP contribution in [0.15, 0.2) is 0 Å². The molecule has 0 saturated carbocycles. The lowest BCUT2D eigenvalue weighted by Gasteiger charge is -2.08. The maximum atomic E-state index is 5.21. The molecule has 0 aromatic heterocycles. The SMILES string of the molecule is CC(C)CC(=S)CC(C)C.